The number of rotatable bonds is 2. The van der Waals surface area contributed by atoms with Gasteiger partial charge in [-0.05, 0) is 37.1 Å². The fourth-order valence-electron chi connectivity index (χ4n) is 1.37. The van der Waals surface area contributed by atoms with Crippen LogP contribution in [0.4, 0.5) is 10.5 Å². The molecule has 4 heteroatoms. The van der Waals surface area contributed by atoms with E-state index in [0.29, 0.717) is 5.69 Å². The Bertz CT molecular complexity index is 415. The molecule has 0 aliphatic heterocycles. The third kappa shape index (κ3) is 3.01. The zero-order valence-electron chi connectivity index (χ0n) is 9.36. The monoisotopic (exact) mass is 218 g/mol. The summed E-state index contributed by atoms with van der Waals surface area (Å²) in [5.74, 6) is 7.81. The molecule has 0 saturated heterocycles. The first-order valence-corrected chi connectivity index (χ1v) is 4.78. The van der Waals surface area contributed by atoms with E-state index in [1.165, 1.54) is 0 Å². The maximum absolute atomic E-state index is 11.4. The van der Waals surface area contributed by atoms with Crippen LogP contribution >= 0.6 is 0 Å². The smallest absolute Gasteiger partial charge is 0.429 e. The van der Waals surface area contributed by atoms with Crippen LogP contribution in [0.3, 0.4) is 0 Å². The Balaban J connectivity index is 2.84. The summed E-state index contributed by atoms with van der Waals surface area (Å²) in [6.45, 7) is 3.77. The molecule has 2 N–H and O–H groups in total. The van der Waals surface area contributed by atoms with Crippen molar-refractivity contribution in [3.05, 3.63) is 29.3 Å². The highest BCUT2D eigenvalue weighted by Crippen LogP contribution is 2.16. The van der Waals surface area contributed by atoms with E-state index in [0.717, 1.165) is 16.1 Å². The van der Waals surface area contributed by atoms with Gasteiger partial charge in [0, 0.05) is 0 Å². The van der Waals surface area contributed by atoms with E-state index >= 15 is 0 Å². The van der Waals surface area contributed by atoms with Gasteiger partial charge in [-0.1, -0.05) is 12.0 Å². The van der Waals surface area contributed by atoms with Crippen molar-refractivity contribution in [2.45, 2.75) is 13.8 Å². The summed E-state index contributed by atoms with van der Waals surface area (Å²) in [6, 6.07) is 5.58. The molecule has 0 spiro atoms. The Hall–Kier alpha value is -1.99. The van der Waals surface area contributed by atoms with E-state index < -0.39 is 6.09 Å². The lowest BCUT2D eigenvalue weighted by Gasteiger charge is -2.16. The third-order valence-electron chi connectivity index (χ3n) is 1.96. The van der Waals surface area contributed by atoms with Crippen molar-refractivity contribution in [2.24, 2.45) is 5.84 Å². The van der Waals surface area contributed by atoms with Crippen molar-refractivity contribution >= 4 is 11.8 Å². The van der Waals surface area contributed by atoms with Gasteiger partial charge in [-0.3, -0.25) is 0 Å². The van der Waals surface area contributed by atoms with Crippen LogP contribution in [0.25, 0.3) is 0 Å². The van der Waals surface area contributed by atoms with Gasteiger partial charge in [0.25, 0.3) is 0 Å². The highest BCUT2D eigenvalue weighted by Gasteiger charge is 2.13. The van der Waals surface area contributed by atoms with Crippen LogP contribution in [0.15, 0.2) is 18.2 Å². The average molecular weight is 218 g/mol. The minimum atomic E-state index is -0.664. The molecular formula is C12H14N2O2. The maximum atomic E-state index is 11.4. The van der Waals surface area contributed by atoms with Crippen molar-refractivity contribution in [2.75, 3.05) is 11.6 Å². The number of amides is 1. The van der Waals surface area contributed by atoms with E-state index in [-0.39, 0.29) is 6.61 Å². The fourth-order valence-corrected chi connectivity index (χ4v) is 1.37. The lowest BCUT2D eigenvalue weighted by molar-refractivity contribution is 0.168. The number of nitrogens with two attached hydrogens (primary N) is 1. The molecule has 0 radical (unpaired) electrons. The predicted octanol–water partition coefficient (Wildman–Crippen LogP) is 1.75. The highest BCUT2D eigenvalue weighted by molar-refractivity contribution is 5.86. The SMILES string of the molecule is C#CCOC(=O)N(N)c1cc(C)cc(C)c1. The van der Waals surface area contributed by atoms with E-state index in [1.54, 1.807) is 12.1 Å². The number of hydrogen-bond acceptors (Lipinski definition) is 3. The van der Waals surface area contributed by atoms with Crippen LogP contribution in [0, 0.1) is 26.2 Å². The molecule has 0 aliphatic carbocycles. The number of benzene rings is 1. The van der Waals surface area contributed by atoms with Crippen LogP contribution in [0.2, 0.25) is 0 Å². The van der Waals surface area contributed by atoms with Gasteiger partial charge in [0.05, 0.1) is 5.69 Å². The normalized spacial score (nSPS) is 9.38. The molecule has 0 aliphatic rings. The summed E-state index contributed by atoms with van der Waals surface area (Å²) in [6.07, 6.45) is 4.31. The highest BCUT2D eigenvalue weighted by atomic mass is 16.6. The van der Waals surface area contributed by atoms with E-state index in [2.05, 4.69) is 5.92 Å². The molecule has 0 fully saturated rings. The van der Waals surface area contributed by atoms with Crippen LogP contribution in [0.1, 0.15) is 11.1 Å². The molecule has 0 unspecified atom stereocenters. The molecule has 0 aromatic heterocycles. The summed E-state index contributed by atoms with van der Waals surface area (Å²) < 4.78 is 4.71. The van der Waals surface area contributed by atoms with Crippen molar-refractivity contribution in [3.63, 3.8) is 0 Å². The molecular weight excluding hydrogens is 204 g/mol. The number of hydrogen-bond donors (Lipinski definition) is 1. The van der Waals surface area contributed by atoms with Gasteiger partial charge in [-0.2, -0.15) is 0 Å². The first kappa shape index (κ1) is 12.1. The van der Waals surface area contributed by atoms with Crippen LogP contribution < -0.4 is 10.9 Å². The zero-order valence-corrected chi connectivity index (χ0v) is 9.36. The van der Waals surface area contributed by atoms with Gasteiger partial charge in [0.15, 0.2) is 6.61 Å². The van der Waals surface area contributed by atoms with Gasteiger partial charge < -0.3 is 4.74 Å². The van der Waals surface area contributed by atoms with Gasteiger partial charge in [0.1, 0.15) is 0 Å². The lowest BCUT2D eigenvalue weighted by atomic mass is 10.1. The molecule has 1 amide bonds. The maximum Gasteiger partial charge on any atom is 0.429 e. The Kier molecular flexibility index (Phi) is 3.92. The molecule has 0 heterocycles. The Morgan fingerprint density at radius 3 is 2.50 bits per heavy atom. The summed E-state index contributed by atoms with van der Waals surface area (Å²) in [7, 11) is 0. The second kappa shape index (κ2) is 5.19. The molecule has 84 valence electrons. The molecule has 0 atom stereocenters. The van der Waals surface area contributed by atoms with Crippen LogP contribution in [-0.2, 0) is 4.74 Å². The fraction of sp³-hybridized carbons (Fsp3) is 0.250. The zero-order chi connectivity index (χ0) is 12.1. The van der Waals surface area contributed by atoms with Crippen molar-refractivity contribution in [1.29, 1.82) is 0 Å². The molecule has 1 aromatic carbocycles. The Labute approximate surface area is 95.0 Å². The number of carbonyl (C=O) groups is 1. The van der Waals surface area contributed by atoms with Crippen LogP contribution in [-0.4, -0.2) is 12.7 Å². The van der Waals surface area contributed by atoms with Gasteiger partial charge >= 0.3 is 6.09 Å². The molecule has 1 rings (SSSR count). The van der Waals surface area contributed by atoms with E-state index in [1.807, 2.05) is 19.9 Å². The minimum absolute atomic E-state index is 0.0860. The van der Waals surface area contributed by atoms with Crippen molar-refractivity contribution in [3.8, 4) is 12.3 Å². The average Bonchev–Trinajstić information content (AvgIpc) is 2.23. The second-order valence-electron chi connectivity index (χ2n) is 3.47. The standard InChI is InChI=1S/C12H14N2O2/c1-4-5-16-12(15)14(13)11-7-9(2)6-10(3)8-11/h1,6-8H,5,13H2,2-3H3. The molecule has 1 aromatic rings. The first-order valence-electron chi connectivity index (χ1n) is 4.78. The molecule has 4 nitrogen and oxygen atoms in total. The van der Waals surface area contributed by atoms with Gasteiger partial charge in [0.2, 0.25) is 0 Å². The lowest BCUT2D eigenvalue weighted by Crippen LogP contribution is -2.38. The summed E-state index contributed by atoms with van der Waals surface area (Å²) in [4.78, 5) is 11.4. The van der Waals surface area contributed by atoms with Crippen LogP contribution in [0.5, 0.6) is 0 Å². The van der Waals surface area contributed by atoms with E-state index in [4.69, 9.17) is 17.0 Å². The number of aryl methyl sites for hydroxylation is 2. The molecule has 0 bridgehead atoms. The van der Waals surface area contributed by atoms with E-state index in [9.17, 15) is 4.79 Å². The number of hydrazine groups is 1. The summed E-state index contributed by atoms with van der Waals surface area (Å²) >= 11 is 0. The van der Waals surface area contributed by atoms with Gasteiger partial charge in [-0.25, -0.2) is 15.6 Å². The largest absolute Gasteiger partial charge is 0.435 e. The quantitative estimate of drug-likeness (QED) is 0.356. The number of nitrogens with zero attached hydrogens (tertiary/aromatic N) is 1. The molecule has 0 saturated carbocycles. The summed E-state index contributed by atoms with van der Waals surface area (Å²) in [5, 5.41) is 0.942. The first-order chi connectivity index (χ1) is 7.54. The number of ether oxygens (including phenoxy) is 1. The van der Waals surface area contributed by atoms with Gasteiger partial charge in [-0.15, -0.1) is 6.42 Å². The molecule has 16 heavy (non-hydrogen) atoms. The second-order valence-corrected chi connectivity index (χ2v) is 3.47. The predicted molar refractivity (Wildman–Crippen MR) is 62.8 cm³/mol. The number of terminal acetylenes is 1. The minimum Gasteiger partial charge on any atom is -0.435 e. The third-order valence-corrected chi connectivity index (χ3v) is 1.96. The topological polar surface area (TPSA) is 55.6 Å². The number of anilines is 1. The van der Waals surface area contributed by atoms with Crippen molar-refractivity contribution < 1.29 is 9.53 Å². The Morgan fingerprint density at radius 1 is 1.44 bits per heavy atom. The Morgan fingerprint density at radius 2 is 2.00 bits per heavy atom. The summed E-state index contributed by atoms with van der Waals surface area (Å²) in [5.41, 5.74) is 2.63. The number of carbonyl (C=O) groups excluding carboxylic acids is 1. The van der Waals surface area contributed by atoms with Crippen molar-refractivity contribution in [1.82, 2.24) is 0 Å².